The molecule has 5 heteroatoms. The van der Waals surface area contributed by atoms with Crippen LogP contribution in [0.25, 0.3) is 11.2 Å². The van der Waals surface area contributed by atoms with Crippen molar-refractivity contribution >= 4 is 11.2 Å². The smallest absolute Gasteiger partial charge is 0.324 e. The zero-order valence-electron chi connectivity index (χ0n) is 8.82. The number of H-pyrrole nitrogens is 1. The van der Waals surface area contributed by atoms with E-state index in [0.717, 1.165) is 5.52 Å². The zero-order valence-corrected chi connectivity index (χ0v) is 8.82. The molecule has 0 atom stereocenters. The first-order valence-corrected chi connectivity index (χ1v) is 4.80. The van der Waals surface area contributed by atoms with E-state index in [0.29, 0.717) is 12.2 Å². The fourth-order valence-electron chi connectivity index (χ4n) is 1.55. The highest BCUT2D eigenvalue weighted by Crippen LogP contribution is 2.09. The van der Waals surface area contributed by atoms with Crippen LogP contribution in [0.4, 0.5) is 0 Å². The number of nitrogens with zero attached hydrogens (tertiary/aromatic N) is 2. The third-order valence-electron chi connectivity index (χ3n) is 2.11. The molecule has 80 valence electrons. The number of aromatic nitrogens is 3. The van der Waals surface area contributed by atoms with E-state index in [-0.39, 0.29) is 5.69 Å². The first kappa shape index (κ1) is 9.92. The van der Waals surface area contributed by atoms with Crippen LogP contribution in [0.2, 0.25) is 0 Å². The fraction of sp³-hybridized carbons (Fsp3) is 0.400. The first-order valence-electron chi connectivity index (χ1n) is 4.80. The van der Waals surface area contributed by atoms with Gasteiger partial charge in [0.05, 0.1) is 5.52 Å². The van der Waals surface area contributed by atoms with E-state index in [2.05, 4.69) is 9.97 Å². The van der Waals surface area contributed by atoms with Gasteiger partial charge in [0.25, 0.3) is 0 Å². The van der Waals surface area contributed by atoms with Crippen molar-refractivity contribution in [1.29, 1.82) is 0 Å². The van der Waals surface area contributed by atoms with Gasteiger partial charge >= 0.3 is 5.69 Å². The minimum Gasteiger partial charge on any atom is -0.324 e. The first-order chi connectivity index (χ1) is 6.97. The predicted molar refractivity (Wildman–Crippen MR) is 58.6 cm³/mol. The number of fused-ring (bicyclic) bond motifs is 1. The highest BCUT2D eigenvalue weighted by Gasteiger charge is 2.15. The maximum Gasteiger partial charge on any atom is 0.327 e. The minimum atomic E-state index is -0.422. The van der Waals surface area contributed by atoms with Gasteiger partial charge < -0.3 is 5.73 Å². The van der Waals surface area contributed by atoms with Crippen molar-refractivity contribution in [2.24, 2.45) is 5.73 Å². The molecule has 0 spiro atoms. The van der Waals surface area contributed by atoms with Gasteiger partial charge in [-0.05, 0) is 26.0 Å². The molecule has 0 saturated heterocycles. The molecule has 2 rings (SSSR count). The van der Waals surface area contributed by atoms with E-state index in [4.69, 9.17) is 5.73 Å². The summed E-state index contributed by atoms with van der Waals surface area (Å²) in [6.07, 6.45) is 1.65. The van der Waals surface area contributed by atoms with Gasteiger partial charge in [-0.25, -0.2) is 9.78 Å². The average Bonchev–Trinajstić information content (AvgIpc) is 2.41. The number of hydrogen-bond donors (Lipinski definition) is 2. The summed E-state index contributed by atoms with van der Waals surface area (Å²) in [4.78, 5) is 18.4. The minimum absolute atomic E-state index is 0.165. The summed E-state index contributed by atoms with van der Waals surface area (Å²) in [6, 6.07) is 3.65. The van der Waals surface area contributed by atoms with Crippen molar-refractivity contribution in [1.82, 2.24) is 14.5 Å². The molecule has 2 heterocycles. The molecular formula is C10H14N4O. The largest absolute Gasteiger partial charge is 0.327 e. The summed E-state index contributed by atoms with van der Waals surface area (Å²) in [5.74, 6) is 0. The van der Waals surface area contributed by atoms with Crippen LogP contribution in [0.15, 0.2) is 23.1 Å². The Morgan fingerprint density at radius 1 is 1.60 bits per heavy atom. The molecule has 0 unspecified atom stereocenters. The van der Waals surface area contributed by atoms with E-state index < -0.39 is 5.54 Å². The van der Waals surface area contributed by atoms with Gasteiger partial charge in [-0.3, -0.25) is 9.55 Å². The van der Waals surface area contributed by atoms with E-state index in [1.54, 1.807) is 16.8 Å². The molecule has 0 radical (unpaired) electrons. The third kappa shape index (κ3) is 1.92. The van der Waals surface area contributed by atoms with Gasteiger partial charge in [0, 0.05) is 18.3 Å². The van der Waals surface area contributed by atoms with Crippen LogP contribution in [-0.2, 0) is 6.54 Å². The van der Waals surface area contributed by atoms with Crippen LogP contribution >= 0.6 is 0 Å². The molecule has 2 aromatic heterocycles. The van der Waals surface area contributed by atoms with E-state index in [9.17, 15) is 4.79 Å². The molecule has 0 saturated carbocycles. The summed E-state index contributed by atoms with van der Waals surface area (Å²) in [6.45, 7) is 4.24. The molecule has 0 bridgehead atoms. The van der Waals surface area contributed by atoms with Gasteiger partial charge in [-0.1, -0.05) is 0 Å². The molecular weight excluding hydrogens is 192 g/mol. The Labute approximate surface area is 86.9 Å². The molecule has 0 aliphatic rings. The fourth-order valence-corrected chi connectivity index (χ4v) is 1.55. The molecule has 0 aliphatic heterocycles. The number of nitrogens with two attached hydrogens (primary N) is 1. The van der Waals surface area contributed by atoms with Crippen LogP contribution in [-0.4, -0.2) is 20.1 Å². The molecule has 15 heavy (non-hydrogen) atoms. The lowest BCUT2D eigenvalue weighted by molar-refractivity contribution is 0.434. The molecule has 3 N–H and O–H groups in total. The Hall–Kier alpha value is -1.62. The van der Waals surface area contributed by atoms with Gasteiger partial charge in [-0.15, -0.1) is 0 Å². The SMILES string of the molecule is CC(C)(N)Cn1c(=O)[nH]c2ncccc21. The Bertz CT molecular complexity index is 532. The second kappa shape index (κ2) is 3.20. The summed E-state index contributed by atoms with van der Waals surface area (Å²) >= 11 is 0. The van der Waals surface area contributed by atoms with Crippen molar-refractivity contribution in [3.05, 3.63) is 28.8 Å². The Kier molecular flexibility index (Phi) is 2.12. The maximum absolute atomic E-state index is 11.6. The third-order valence-corrected chi connectivity index (χ3v) is 2.11. The number of rotatable bonds is 2. The Morgan fingerprint density at radius 2 is 2.33 bits per heavy atom. The predicted octanol–water partition coefficient (Wildman–Crippen LogP) is 0.462. The maximum atomic E-state index is 11.6. The van der Waals surface area contributed by atoms with Gasteiger partial charge in [0.2, 0.25) is 0 Å². The number of hydrogen-bond acceptors (Lipinski definition) is 3. The average molecular weight is 206 g/mol. The molecule has 0 amide bonds. The van der Waals surface area contributed by atoms with Crippen LogP contribution in [0.3, 0.4) is 0 Å². The summed E-state index contributed by atoms with van der Waals surface area (Å²) in [7, 11) is 0. The lowest BCUT2D eigenvalue weighted by atomic mass is 10.1. The second-order valence-corrected chi connectivity index (χ2v) is 4.38. The Morgan fingerprint density at radius 3 is 3.00 bits per heavy atom. The van der Waals surface area contributed by atoms with E-state index in [1.807, 2.05) is 19.9 Å². The standard InChI is InChI=1S/C10H14N4O/c1-10(2,11)6-14-7-4-3-5-12-8(7)13-9(14)15/h3-5H,6,11H2,1-2H3,(H,12,13,15). The molecule has 0 aromatic carbocycles. The summed E-state index contributed by atoms with van der Waals surface area (Å²) in [5.41, 5.74) is 6.70. The van der Waals surface area contributed by atoms with Crippen LogP contribution in [0, 0.1) is 0 Å². The number of nitrogens with one attached hydrogen (secondary N) is 1. The molecule has 5 nitrogen and oxygen atoms in total. The van der Waals surface area contributed by atoms with Crippen LogP contribution in [0.1, 0.15) is 13.8 Å². The van der Waals surface area contributed by atoms with Gasteiger partial charge in [-0.2, -0.15) is 0 Å². The van der Waals surface area contributed by atoms with Gasteiger partial charge in [0.15, 0.2) is 5.65 Å². The van der Waals surface area contributed by atoms with Crippen LogP contribution in [0.5, 0.6) is 0 Å². The lowest BCUT2D eigenvalue weighted by Gasteiger charge is -2.18. The highest BCUT2D eigenvalue weighted by molar-refractivity contribution is 5.70. The number of imidazole rings is 1. The van der Waals surface area contributed by atoms with Crippen molar-refractivity contribution in [3.63, 3.8) is 0 Å². The Balaban J connectivity index is 2.60. The van der Waals surface area contributed by atoms with E-state index >= 15 is 0 Å². The second-order valence-electron chi connectivity index (χ2n) is 4.38. The highest BCUT2D eigenvalue weighted by atomic mass is 16.1. The topological polar surface area (TPSA) is 76.7 Å². The number of aromatic amines is 1. The van der Waals surface area contributed by atoms with Crippen LogP contribution < -0.4 is 11.4 Å². The van der Waals surface area contributed by atoms with Crippen molar-refractivity contribution in [2.75, 3.05) is 0 Å². The molecule has 0 aliphatic carbocycles. The van der Waals surface area contributed by atoms with Gasteiger partial charge in [0.1, 0.15) is 0 Å². The quantitative estimate of drug-likeness (QED) is 0.749. The number of pyridine rings is 1. The summed E-state index contributed by atoms with van der Waals surface area (Å²) in [5, 5.41) is 0. The van der Waals surface area contributed by atoms with Crippen molar-refractivity contribution < 1.29 is 0 Å². The summed E-state index contributed by atoms with van der Waals surface area (Å²) < 4.78 is 1.61. The monoisotopic (exact) mass is 206 g/mol. The lowest BCUT2D eigenvalue weighted by Crippen LogP contribution is -2.39. The molecule has 2 aromatic rings. The van der Waals surface area contributed by atoms with E-state index in [1.165, 1.54) is 0 Å². The molecule has 0 fully saturated rings. The zero-order chi connectivity index (χ0) is 11.1. The normalized spacial score (nSPS) is 12.2. The van der Waals surface area contributed by atoms with Crippen molar-refractivity contribution in [2.45, 2.75) is 25.9 Å². The van der Waals surface area contributed by atoms with Crippen molar-refractivity contribution in [3.8, 4) is 0 Å².